The van der Waals surface area contributed by atoms with Crippen LogP contribution in [-0.4, -0.2) is 56.9 Å². The second-order valence-corrected chi connectivity index (χ2v) is 8.13. The Kier molecular flexibility index (Phi) is 4.71. The lowest BCUT2D eigenvalue weighted by atomic mass is 10.1. The Balaban J connectivity index is 1.69. The molecule has 7 nitrogen and oxygen atoms in total. The fourth-order valence-corrected chi connectivity index (χ4v) is 3.90. The van der Waals surface area contributed by atoms with E-state index in [4.69, 9.17) is 18.4 Å². The first-order chi connectivity index (χ1) is 11.2. The largest absolute Gasteiger partial charge is 0.394 e. The highest BCUT2D eigenvalue weighted by Crippen LogP contribution is 2.38. The zero-order valence-electron chi connectivity index (χ0n) is 13.8. The van der Waals surface area contributed by atoms with Crippen LogP contribution in [-0.2, 0) is 28.5 Å². The molecule has 4 atom stereocenters. The van der Waals surface area contributed by atoms with Gasteiger partial charge in [-0.1, -0.05) is 17.7 Å². The number of rotatable bonds is 5. The molecule has 1 aromatic carbocycles. The molecule has 2 aliphatic heterocycles. The third kappa shape index (κ3) is 3.49. The molecule has 8 heteroatoms. The minimum absolute atomic E-state index is 0.0882. The normalized spacial score (nSPS) is 32.0. The molecule has 3 rings (SSSR count). The predicted molar refractivity (Wildman–Crippen MR) is 83.9 cm³/mol. The smallest absolute Gasteiger partial charge is 0.297 e. The maximum atomic E-state index is 12.3. The lowest BCUT2D eigenvalue weighted by Crippen LogP contribution is -2.33. The summed E-state index contributed by atoms with van der Waals surface area (Å²) in [6, 6.07) is 6.41. The van der Waals surface area contributed by atoms with Gasteiger partial charge >= 0.3 is 0 Å². The minimum Gasteiger partial charge on any atom is -0.394 e. The third-order valence-electron chi connectivity index (χ3n) is 4.12. The predicted octanol–water partition coefficient (Wildman–Crippen LogP) is 0.980. The third-order valence-corrected chi connectivity index (χ3v) is 5.42. The maximum absolute atomic E-state index is 12.3. The van der Waals surface area contributed by atoms with E-state index in [1.807, 2.05) is 6.92 Å². The molecule has 0 saturated carbocycles. The second kappa shape index (κ2) is 6.36. The lowest BCUT2D eigenvalue weighted by Gasteiger charge is -2.23. The molecule has 0 amide bonds. The molecule has 0 spiro atoms. The van der Waals surface area contributed by atoms with Crippen LogP contribution >= 0.6 is 0 Å². The highest BCUT2D eigenvalue weighted by molar-refractivity contribution is 7.86. The van der Waals surface area contributed by atoms with E-state index in [2.05, 4.69) is 0 Å². The van der Waals surface area contributed by atoms with E-state index in [1.165, 1.54) is 12.1 Å². The van der Waals surface area contributed by atoms with Gasteiger partial charge in [-0.05, 0) is 32.9 Å². The van der Waals surface area contributed by atoms with Gasteiger partial charge in [0.05, 0.1) is 18.1 Å². The summed E-state index contributed by atoms with van der Waals surface area (Å²) < 4.78 is 46.8. The van der Waals surface area contributed by atoms with Crippen LogP contribution in [0, 0.1) is 6.92 Å². The van der Waals surface area contributed by atoms with Crippen LogP contribution < -0.4 is 0 Å². The summed E-state index contributed by atoms with van der Waals surface area (Å²) in [7, 11) is -3.89. The number of benzene rings is 1. The van der Waals surface area contributed by atoms with Gasteiger partial charge < -0.3 is 19.3 Å². The van der Waals surface area contributed by atoms with E-state index in [9.17, 15) is 13.5 Å². The van der Waals surface area contributed by atoms with Crippen molar-refractivity contribution >= 4 is 10.1 Å². The average Bonchev–Trinajstić information content (AvgIpc) is 2.99. The quantitative estimate of drug-likeness (QED) is 0.785. The first kappa shape index (κ1) is 17.8. The van der Waals surface area contributed by atoms with Gasteiger partial charge in [-0.25, -0.2) is 0 Å². The van der Waals surface area contributed by atoms with Crippen molar-refractivity contribution < 1.29 is 31.9 Å². The van der Waals surface area contributed by atoms with E-state index in [0.717, 1.165) is 5.56 Å². The molecule has 2 aliphatic rings. The Hall–Kier alpha value is -1.03. The van der Waals surface area contributed by atoms with Crippen LogP contribution in [0.3, 0.4) is 0 Å². The van der Waals surface area contributed by atoms with Gasteiger partial charge in [0.25, 0.3) is 10.1 Å². The molecule has 0 aromatic heterocycles. The standard InChI is InChI=1S/C16H22O7S/c1-10-4-6-11(7-5-10)24(18,19)20-9-13-15-14(12(8-17)21-13)22-16(2,3)23-15/h4-7,12-15,17H,8-9H2,1-3H3/t12?,13-,14-,15+/m1/s1. The number of aliphatic hydroxyl groups is 1. The van der Waals surface area contributed by atoms with E-state index >= 15 is 0 Å². The van der Waals surface area contributed by atoms with Crippen molar-refractivity contribution in [1.29, 1.82) is 0 Å². The van der Waals surface area contributed by atoms with Crippen LogP contribution in [0.2, 0.25) is 0 Å². The molecule has 0 radical (unpaired) electrons. The van der Waals surface area contributed by atoms with Crippen molar-refractivity contribution in [2.75, 3.05) is 13.2 Å². The monoisotopic (exact) mass is 358 g/mol. The Bertz CT molecular complexity index is 683. The summed E-state index contributed by atoms with van der Waals surface area (Å²) in [4.78, 5) is 0.0882. The number of hydrogen-bond acceptors (Lipinski definition) is 7. The lowest BCUT2D eigenvalue weighted by molar-refractivity contribution is -0.192. The van der Waals surface area contributed by atoms with Gasteiger partial charge in [-0.15, -0.1) is 0 Å². The first-order valence-corrected chi connectivity index (χ1v) is 9.21. The summed E-state index contributed by atoms with van der Waals surface area (Å²) in [6.45, 7) is 4.97. The van der Waals surface area contributed by atoms with Gasteiger partial charge in [-0.3, -0.25) is 4.18 Å². The number of fused-ring (bicyclic) bond motifs is 1. The summed E-state index contributed by atoms with van der Waals surface area (Å²) in [6.07, 6.45) is -2.12. The molecule has 2 fully saturated rings. The highest BCUT2D eigenvalue weighted by Gasteiger charge is 2.55. The molecule has 1 unspecified atom stereocenters. The molecular weight excluding hydrogens is 336 g/mol. The molecule has 0 bridgehead atoms. The zero-order chi connectivity index (χ0) is 17.5. The van der Waals surface area contributed by atoms with Gasteiger partial charge in [0, 0.05) is 0 Å². The molecule has 24 heavy (non-hydrogen) atoms. The summed E-state index contributed by atoms with van der Waals surface area (Å²) in [5, 5.41) is 9.41. The fraction of sp³-hybridized carbons (Fsp3) is 0.625. The van der Waals surface area contributed by atoms with Crippen molar-refractivity contribution in [3.63, 3.8) is 0 Å². The van der Waals surface area contributed by atoms with E-state index < -0.39 is 40.3 Å². The van der Waals surface area contributed by atoms with E-state index in [0.29, 0.717) is 0 Å². The van der Waals surface area contributed by atoms with E-state index in [-0.39, 0.29) is 18.1 Å². The Morgan fingerprint density at radius 2 is 1.71 bits per heavy atom. The van der Waals surface area contributed by atoms with Crippen LogP contribution in [0.1, 0.15) is 19.4 Å². The van der Waals surface area contributed by atoms with Crippen molar-refractivity contribution in [1.82, 2.24) is 0 Å². The van der Waals surface area contributed by atoms with Crippen molar-refractivity contribution in [3.8, 4) is 0 Å². The number of aryl methyl sites for hydroxylation is 1. The fourth-order valence-electron chi connectivity index (χ4n) is 2.98. The number of aliphatic hydroxyl groups excluding tert-OH is 1. The SMILES string of the molecule is Cc1ccc(S(=O)(=O)OC[C@H]2OC(CO)[C@H]3OC(C)(C)O[C@H]32)cc1. The van der Waals surface area contributed by atoms with Gasteiger partial charge in [0.1, 0.15) is 24.4 Å². The maximum Gasteiger partial charge on any atom is 0.297 e. The van der Waals surface area contributed by atoms with E-state index in [1.54, 1.807) is 26.0 Å². The van der Waals surface area contributed by atoms with Crippen molar-refractivity contribution in [3.05, 3.63) is 29.8 Å². The summed E-state index contributed by atoms with van der Waals surface area (Å²) in [5.41, 5.74) is 0.959. The summed E-state index contributed by atoms with van der Waals surface area (Å²) in [5.74, 6) is -0.805. The highest BCUT2D eigenvalue weighted by atomic mass is 32.2. The molecule has 2 saturated heterocycles. The Morgan fingerprint density at radius 1 is 1.12 bits per heavy atom. The van der Waals surface area contributed by atoms with Gasteiger partial charge in [0.15, 0.2) is 5.79 Å². The Morgan fingerprint density at radius 3 is 2.29 bits per heavy atom. The minimum atomic E-state index is -3.89. The zero-order valence-corrected chi connectivity index (χ0v) is 14.7. The van der Waals surface area contributed by atoms with Crippen LogP contribution in [0.15, 0.2) is 29.2 Å². The summed E-state index contributed by atoms with van der Waals surface area (Å²) >= 11 is 0. The number of hydrogen-bond donors (Lipinski definition) is 1. The van der Waals surface area contributed by atoms with Crippen LogP contribution in [0.25, 0.3) is 0 Å². The second-order valence-electron chi connectivity index (χ2n) is 6.51. The van der Waals surface area contributed by atoms with Gasteiger partial charge in [-0.2, -0.15) is 8.42 Å². The molecule has 1 aromatic rings. The molecule has 0 aliphatic carbocycles. The van der Waals surface area contributed by atoms with Crippen molar-refractivity contribution in [2.45, 2.75) is 55.9 Å². The molecule has 2 heterocycles. The van der Waals surface area contributed by atoms with Crippen molar-refractivity contribution in [2.24, 2.45) is 0 Å². The average molecular weight is 358 g/mol. The topological polar surface area (TPSA) is 91.3 Å². The molecule has 1 N–H and O–H groups in total. The number of ether oxygens (including phenoxy) is 3. The van der Waals surface area contributed by atoms with Gasteiger partial charge in [0.2, 0.25) is 0 Å². The first-order valence-electron chi connectivity index (χ1n) is 7.80. The Labute approximate surface area is 141 Å². The van der Waals surface area contributed by atoms with Crippen LogP contribution in [0.4, 0.5) is 0 Å². The molecular formula is C16H22O7S. The molecule has 134 valence electrons. The van der Waals surface area contributed by atoms with Crippen LogP contribution in [0.5, 0.6) is 0 Å².